The molecule has 0 saturated carbocycles. The first-order valence-electron chi connectivity index (χ1n) is 6.78. The molecule has 2 N–H and O–H groups in total. The van der Waals surface area contributed by atoms with Gasteiger partial charge in [0.1, 0.15) is 5.76 Å². The number of carbonyl (C=O) groups is 1. The molecule has 2 aromatic rings. The fourth-order valence-electron chi connectivity index (χ4n) is 1.95. The molecule has 0 aliphatic rings. The van der Waals surface area contributed by atoms with Crippen LogP contribution in [0.25, 0.3) is 0 Å². The van der Waals surface area contributed by atoms with Crippen LogP contribution in [0.1, 0.15) is 28.8 Å². The molecule has 1 aromatic carbocycles. The summed E-state index contributed by atoms with van der Waals surface area (Å²) in [5.74, 6) is 0.769. The van der Waals surface area contributed by atoms with E-state index in [0.717, 1.165) is 17.7 Å². The lowest BCUT2D eigenvalue weighted by atomic mass is 10.1. The smallest absolute Gasteiger partial charge is 0.287 e. The predicted octanol–water partition coefficient (Wildman–Crippen LogP) is 2.18. The van der Waals surface area contributed by atoms with Gasteiger partial charge in [0.05, 0.1) is 6.10 Å². The molecule has 0 fully saturated rings. The van der Waals surface area contributed by atoms with E-state index in [2.05, 4.69) is 5.32 Å². The molecule has 20 heavy (non-hydrogen) atoms. The highest BCUT2D eigenvalue weighted by molar-refractivity contribution is 5.91. The molecular weight excluding hydrogens is 254 g/mol. The van der Waals surface area contributed by atoms with Crippen LogP contribution in [0.2, 0.25) is 0 Å². The molecular formula is C16H19NO3. The summed E-state index contributed by atoms with van der Waals surface area (Å²) in [6.07, 6.45) is 0.658. The Hall–Kier alpha value is -2.07. The molecule has 0 bridgehead atoms. The molecule has 1 heterocycles. The number of nitrogens with one attached hydrogen (secondary N) is 1. The normalized spacial score (nSPS) is 12.1. The summed E-state index contributed by atoms with van der Waals surface area (Å²) in [6, 6.07) is 13.1. The van der Waals surface area contributed by atoms with Crippen molar-refractivity contribution in [2.45, 2.75) is 25.9 Å². The molecule has 0 aliphatic heterocycles. The van der Waals surface area contributed by atoms with Gasteiger partial charge >= 0.3 is 0 Å². The minimum absolute atomic E-state index is 0.204. The summed E-state index contributed by atoms with van der Waals surface area (Å²) in [6.45, 7) is 2.17. The van der Waals surface area contributed by atoms with Crippen molar-refractivity contribution in [2.75, 3.05) is 6.54 Å². The van der Waals surface area contributed by atoms with Gasteiger partial charge in [-0.25, -0.2) is 0 Å². The van der Waals surface area contributed by atoms with Crippen LogP contribution in [0.4, 0.5) is 0 Å². The Morgan fingerprint density at radius 1 is 1.25 bits per heavy atom. The molecule has 0 aliphatic carbocycles. The summed E-state index contributed by atoms with van der Waals surface area (Å²) in [4.78, 5) is 11.8. The summed E-state index contributed by atoms with van der Waals surface area (Å²) in [7, 11) is 0. The van der Waals surface area contributed by atoms with E-state index in [1.807, 2.05) is 37.3 Å². The van der Waals surface area contributed by atoms with Crippen molar-refractivity contribution in [3.63, 3.8) is 0 Å². The standard InChI is InChI=1S/C16H19NO3/c1-2-14-8-9-15(20-14)16(19)17-11-13(18)10-12-6-4-3-5-7-12/h3-9,13,18H,2,10-11H2,1H3,(H,17,19). The number of hydrogen-bond donors (Lipinski definition) is 2. The van der Waals surface area contributed by atoms with Crippen molar-refractivity contribution in [1.29, 1.82) is 0 Å². The average Bonchev–Trinajstić information content (AvgIpc) is 2.95. The third kappa shape index (κ3) is 3.96. The fourth-order valence-corrected chi connectivity index (χ4v) is 1.95. The number of rotatable bonds is 6. The third-order valence-corrected chi connectivity index (χ3v) is 3.05. The van der Waals surface area contributed by atoms with Gasteiger partial charge in [0.15, 0.2) is 5.76 Å². The van der Waals surface area contributed by atoms with Crippen LogP contribution in [0.5, 0.6) is 0 Å². The Kier molecular flexibility index (Phi) is 4.96. The molecule has 0 radical (unpaired) electrons. The molecule has 0 saturated heterocycles. The maximum Gasteiger partial charge on any atom is 0.287 e. The second-order valence-corrected chi connectivity index (χ2v) is 4.67. The molecule has 1 aromatic heterocycles. The van der Waals surface area contributed by atoms with Crippen molar-refractivity contribution in [1.82, 2.24) is 5.32 Å². The van der Waals surface area contributed by atoms with Gasteiger partial charge in [-0.2, -0.15) is 0 Å². The summed E-state index contributed by atoms with van der Waals surface area (Å²) in [5.41, 5.74) is 1.04. The van der Waals surface area contributed by atoms with E-state index in [1.54, 1.807) is 12.1 Å². The molecule has 1 unspecified atom stereocenters. The molecule has 1 atom stereocenters. The zero-order valence-electron chi connectivity index (χ0n) is 11.5. The van der Waals surface area contributed by atoms with Gasteiger partial charge < -0.3 is 14.8 Å². The lowest BCUT2D eigenvalue weighted by molar-refractivity contribution is 0.0887. The number of amides is 1. The number of hydrogen-bond acceptors (Lipinski definition) is 3. The van der Waals surface area contributed by atoms with Crippen molar-refractivity contribution in [3.8, 4) is 0 Å². The molecule has 2 rings (SSSR count). The van der Waals surface area contributed by atoms with Crippen LogP contribution in [0.3, 0.4) is 0 Å². The van der Waals surface area contributed by atoms with Crippen LogP contribution >= 0.6 is 0 Å². The van der Waals surface area contributed by atoms with E-state index in [1.165, 1.54) is 0 Å². The Bertz CT molecular complexity index is 548. The second kappa shape index (κ2) is 6.91. The molecule has 106 valence electrons. The van der Waals surface area contributed by atoms with Crippen LogP contribution < -0.4 is 5.32 Å². The zero-order valence-corrected chi connectivity index (χ0v) is 11.5. The largest absolute Gasteiger partial charge is 0.456 e. The van der Waals surface area contributed by atoms with E-state index in [0.29, 0.717) is 6.42 Å². The highest BCUT2D eigenvalue weighted by Crippen LogP contribution is 2.08. The minimum atomic E-state index is -0.609. The van der Waals surface area contributed by atoms with Crippen LogP contribution in [0, 0.1) is 0 Å². The van der Waals surface area contributed by atoms with E-state index >= 15 is 0 Å². The van der Waals surface area contributed by atoms with Crippen molar-refractivity contribution >= 4 is 5.91 Å². The maximum atomic E-state index is 11.8. The zero-order chi connectivity index (χ0) is 14.4. The highest BCUT2D eigenvalue weighted by atomic mass is 16.3. The Morgan fingerprint density at radius 2 is 2.00 bits per heavy atom. The van der Waals surface area contributed by atoms with Gasteiger partial charge in [0, 0.05) is 19.4 Å². The quantitative estimate of drug-likeness (QED) is 0.848. The Labute approximate surface area is 118 Å². The van der Waals surface area contributed by atoms with E-state index < -0.39 is 6.10 Å². The van der Waals surface area contributed by atoms with Crippen molar-refractivity contribution in [2.24, 2.45) is 0 Å². The predicted molar refractivity (Wildman–Crippen MR) is 76.6 cm³/mol. The van der Waals surface area contributed by atoms with Gasteiger partial charge in [0.2, 0.25) is 0 Å². The summed E-state index contributed by atoms with van der Waals surface area (Å²) in [5, 5.41) is 12.6. The lowest BCUT2D eigenvalue weighted by Gasteiger charge is -2.11. The van der Waals surface area contributed by atoms with Crippen LogP contribution in [-0.2, 0) is 12.8 Å². The molecule has 1 amide bonds. The van der Waals surface area contributed by atoms with E-state index in [4.69, 9.17) is 4.42 Å². The third-order valence-electron chi connectivity index (χ3n) is 3.05. The van der Waals surface area contributed by atoms with E-state index in [-0.39, 0.29) is 18.2 Å². The first-order valence-corrected chi connectivity index (χ1v) is 6.78. The number of benzene rings is 1. The fraction of sp³-hybridized carbons (Fsp3) is 0.312. The monoisotopic (exact) mass is 273 g/mol. The van der Waals surface area contributed by atoms with Crippen LogP contribution in [0.15, 0.2) is 46.9 Å². The number of carbonyl (C=O) groups excluding carboxylic acids is 1. The maximum absolute atomic E-state index is 11.8. The van der Waals surface area contributed by atoms with Gasteiger partial charge in [0.25, 0.3) is 5.91 Å². The SMILES string of the molecule is CCc1ccc(C(=O)NCC(O)Cc2ccccc2)o1. The molecule has 4 heteroatoms. The molecule has 4 nitrogen and oxygen atoms in total. The first-order chi connectivity index (χ1) is 9.69. The number of aryl methyl sites for hydroxylation is 1. The van der Waals surface area contributed by atoms with Crippen LogP contribution in [-0.4, -0.2) is 23.7 Å². The summed E-state index contributed by atoms with van der Waals surface area (Å²) < 4.78 is 5.35. The highest BCUT2D eigenvalue weighted by Gasteiger charge is 2.12. The Morgan fingerprint density at radius 3 is 2.65 bits per heavy atom. The van der Waals surface area contributed by atoms with Crippen molar-refractivity contribution in [3.05, 3.63) is 59.5 Å². The Balaban J connectivity index is 1.81. The van der Waals surface area contributed by atoms with Gasteiger partial charge in [-0.3, -0.25) is 4.79 Å². The number of aliphatic hydroxyl groups excluding tert-OH is 1. The first kappa shape index (κ1) is 14.3. The van der Waals surface area contributed by atoms with Crippen molar-refractivity contribution < 1.29 is 14.3 Å². The summed E-state index contributed by atoms with van der Waals surface area (Å²) >= 11 is 0. The minimum Gasteiger partial charge on any atom is -0.456 e. The average molecular weight is 273 g/mol. The second-order valence-electron chi connectivity index (χ2n) is 4.67. The number of furan rings is 1. The van der Waals surface area contributed by atoms with E-state index in [9.17, 15) is 9.90 Å². The molecule has 0 spiro atoms. The topological polar surface area (TPSA) is 62.5 Å². The van der Waals surface area contributed by atoms with Gasteiger partial charge in [-0.15, -0.1) is 0 Å². The number of aliphatic hydroxyl groups is 1. The lowest BCUT2D eigenvalue weighted by Crippen LogP contribution is -2.33. The van der Waals surface area contributed by atoms with Gasteiger partial charge in [-0.05, 0) is 17.7 Å². The van der Waals surface area contributed by atoms with Gasteiger partial charge in [-0.1, -0.05) is 37.3 Å².